The number of methoxy groups -OCH3 is 1. The minimum Gasteiger partial charge on any atom is -0.495 e. The molecule has 33 heavy (non-hydrogen) atoms. The Morgan fingerprint density at radius 1 is 1.06 bits per heavy atom. The Hall–Kier alpha value is -3.18. The van der Waals surface area contributed by atoms with Gasteiger partial charge in [-0.3, -0.25) is 4.21 Å². The van der Waals surface area contributed by atoms with Crippen molar-refractivity contribution < 1.29 is 8.95 Å². The number of hydrogen-bond donors (Lipinski definition) is 1. The van der Waals surface area contributed by atoms with Crippen molar-refractivity contribution in [2.24, 2.45) is 0 Å². The van der Waals surface area contributed by atoms with Crippen molar-refractivity contribution in [3.8, 4) is 17.0 Å². The van der Waals surface area contributed by atoms with Crippen molar-refractivity contribution in [3.05, 3.63) is 82.7 Å². The molecule has 0 amide bonds. The molecule has 0 saturated heterocycles. The van der Waals surface area contributed by atoms with Crippen LogP contribution in [-0.2, 0) is 17.3 Å². The minimum atomic E-state index is -1.05. The molecule has 1 heterocycles. The summed E-state index contributed by atoms with van der Waals surface area (Å²) in [5.41, 5.74) is 3.03. The summed E-state index contributed by atoms with van der Waals surface area (Å²) >= 11 is 6.23. The van der Waals surface area contributed by atoms with Crippen LogP contribution >= 0.6 is 24.0 Å². The van der Waals surface area contributed by atoms with Gasteiger partial charge in [0.1, 0.15) is 11.4 Å². The summed E-state index contributed by atoms with van der Waals surface area (Å²) in [6.45, 7) is 7.86. The number of benzene rings is 3. The molecule has 3 aromatic carbocycles. The summed E-state index contributed by atoms with van der Waals surface area (Å²) in [4.78, 5) is 4.30. The molecule has 1 aromatic heterocycles. The van der Waals surface area contributed by atoms with Crippen LogP contribution in [0.5, 0.6) is 5.75 Å². The third-order valence-electron chi connectivity index (χ3n) is 5.03. The Balaban J connectivity index is 0.00000306. The molecule has 9 heteroatoms. The molecular weight excluding hydrogens is 479 g/mol. The highest BCUT2D eigenvalue weighted by atomic mass is 35.5. The van der Waals surface area contributed by atoms with Crippen LogP contribution < -0.4 is 10.1 Å². The average molecular weight is 499 g/mol. The topological polar surface area (TPSA) is 68.5 Å². The van der Waals surface area contributed by atoms with Crippen LogP contribution in [-0.4, -0.2) is 27.8 Å². The summed E-state index contributed by atoms with van der Waals surface area (Å²) in [6, 6.07) is 18.4. The Kier molecular flexibility index (Phi) is 7.88. The predicted octanol–water partition coefficient (Wildman–Crippen LogP) is 6.28. The first-order valence-corrected chi connectivity index (χ1v) is 11.6. The second-order valence-electron chi connectivity index (χ2n) is 7.04. The number of rotatable bonds is 6. The molecule has 0 fully saturated rings. The van der Waals surface area contributed by atoms with E-state index in [9.17, 15) is 4.21 Å². The Morgan fingerprint density at radius 3 is 2.45 bits per heavy atom. The van der Waals surface area contributed by atoms with Gasteiger partial charge in [-0.25, -0.2) is 4.85 Å². The van der Waals surface area contributed by atoms with Crippen LogP contribution in [0, 0.1) is 6.57 Å². The average Bonchev–Trinajstić information content (AvgIpc) is 2.82. The van der Waals surface area contributed by atoms with Gasteiger partial charge in [0.25, 0.3) is 0 Å². The molecule has 1 atom stereocenters. The summed E-state index contributed by atoms with van der Waals surface area (Å²) in [5, 5.41) is 14.4. The van der Waals surface area contributed by atoms with Gasteiger partial charge in [0.2, 0.25) is 0 Å². The lowest BCUT2D eigenvalue weighted by Crippen LogP contribution is -2.04. The molecular formula is C24H20Cl2N4O2S. The standard InChI is InChI=1S/C24H19ClN4O2S.ClH/c1-26-17-7-10-19-20(13-17)24(27-14-15-4-11-22(31-2)21(25)12-15)29-28-23(19)16-5-8-18(9-6-16)32(3)30;/h4-13H,14H2,2-3H3,(H,27,29);1H. The number of nitrogens with one attached hydrogen (secondary N) is 1. The zero-order valence-electron chi connectivity index (χ0n) is 17.8. The van der Waals surface area contributed by atoms with Crippen molar-refractivity contribution in [2.75, 3.05) is 18.7 Å². The van der Waals surface area contributed by atoms with E-state index >= 15 is 0 Å². The summed E-state index contributed by atoms with van der Waals surface area (Å²) in [6.07, 6.45) is 1.65. The summed E-state index contributed by atoms with van der Waals surface area (Å²) in [5.74, 6) is 1.19. The second-order valence-corrected chi connectivity index (χ2v) is 8.83. The lowest BCUT2D eigenvalue weighted by Gasteiger charge is -2.13. The van der Waals surface area contributed by atoms with E-state index in [0.717, 1.165) is 26.8 Å². The van der Waals surface area contributed by atoms with E-state index in [1.165, 1.54) is 0 Å². The third kappa shape index (κ3) is 5.25. The van der Waals surface area contributed by atoms with E-state index < -0.39 is 10.8 Å². The van der Waals surface area contributed by atoms with Crippen LogP contribution in [0.3, 0.4) is 0 Å². The predicted molar refractivity (Wildman–Crippen MR) is 136 cm³/mol. The highest BCUT2D eigenvalue weighted by Gasteiger charge is 2.13. The monoisotopic (exact) mass is 498 g/mol. The van der Waals surface area contributed by atoms with Crippen LogP contribution in [0.4, 0.5) is 11.5 Å². The van der Waals surface area contributed by atoms with Crippen LogP contribution in [0.1, 0.15) is 5.56 Å². The van der Waals surface area contributed by atoms with Crippen LogP contribution in [0.25, 0.3) is 26.9 Å². The highest BCUT2D eigenvalue weighted by molar-refractivity contribution is 7.84. The van der Waals surface area contributed by atoms with Gasteiger partial charge in [0.05, 0.1) is 18.7 Å². The lowest BCUT2D eigenvalue weighted by atomic mass is 10.0. The lowest BCUT2D eigenvalue weighted by molar-refractivity contribution is 0.415. The first kappa shape index (κ1) is 24.5. The van der Waals surface area contributed by atoms with Gasteiger partial charge < -0.3 is 10.1 Å². The largest absolute Gasteiger partial charge is 0.495 e. The van der Waals surface area contributed by atoms with Crippen LogP contribution in [0.2, 0.25) is 5.02 Å². The number of halogens is 2. The van der Waals surface area contributed by atoms with E-state index in [1.54, 1.807) is 25.5 Å². The minimum absolute atomic E-state index is 0. The molecule has 168 valence electrons. The smallest absolute Gasteiger partial charge is 0.188 e. The SMILES string of the molecule is Cl.[C-]#[N+]c1ccc2c(-c3ccc(S(C)=O)cc3)nnc(NCc3ccc(OC)c(Cl)c3)c2c1. The normalized spacial score (nSPS) is 11.3. The first-order chi connectivity index (χ1) is 15.5. The fourth-order valence-corrected chi connectivity index (χ4v) is 4.17. The fraction of sp³-hybridized carbons (Fsp3) is 0.125. The number of anilines is 1. The van der Waals surface area contributed by atoms with Gasteiger partial charge in [-0.05, 0) is 35.9 Å². The summed E-state index contributed by atoms with van der Waals surface area (Å²) < 4.78 is 16.9. The number of nitrogens with zero attached hydrogens (tertiary/aromatic N) is 3. The van der Waals surface area contributed by atoms with Crippen molar-refractivity contribution in [1.82, 2.24) is 10.2 Å². The maximum absolute atomic E-state index is 11.7. The van der Waals surface area contributed by atoms with Crippen LogP contribution in [0.15, 0.2) is 65.6 Å². The van der Waals surface area contributed by atoms with Crippen molar-refractivity contribution in [2.45, 2.75) is 11.4 Å². The van der Waals surface area contributed by atoms with E-state index in [2.05, 4.69) is 20.4 Å². The molecule has 0 aliphatic heterocycles. The molecule has 0 aliphatic rings. The molecule has 4 rings (SSSR count). The van der Waals surface area contributed by atoms with Gasteiger partial charge in [-0.15, -0.1) is 22.6 Å². The van der Waals surface area contributed by atoms with E-state index in [0.29, 0.717) is 34.5 Å². The quantitative estimate of drug-likeness (QED) is 0.316. The molecule has 0 aliphatic carbocycles. The maximum atomic E-state index is 11.7. The second kappa shape index (κ2) is 10.6. The summed E-state index contributed by atoms with van der Waals surface area (Å²) in [7, 11) is 0.526. The molecule has 6 nitrogen and oxygen atoms in total. The van der Waals surface area contributed by atoms with Crippen molar-refractivity contribution >= 4 is 57.1 Å². The van der Waals surface area contributed by atoms with E-state index in [-0.39, 0.29) is 12.4 Å². The molecule has 1 N–H and O–H groups in total. The molecule has 0 spiro atoms. The molecule has 0 bridgehead atoms. The van der Waals surface area contributed by atoms with E-state index in [4.69, 9.17) is 22.9 Å². The number of hydrogen-bond acceptors (Lipinski definition) is 5. The Labute approximate surface area is 205 Å². The maximum Gasteiger partial charge on any atom is 0.188 e. The van der Waals surface area contributed by atoms with Gasteiger partial charge in [-0.1, -0.05) is 41.9 Å². The van der Waals surface area contributed by atoms with Crippen molar-refractivity contribution in [1.29, 1.82) is 0 Å². The molecule has 0 saturated carbocycles. The number of fused-ring (bicyclic) bond motifs is 1. The molecule has 0 radical (unpaired) electrons. The molecule has 4 aromatic rings. The number of aromatic nitrogens is 2. The Morgan fingerprint density at radius 2 is 1.82 bits per heavy atom. The van der Waals surface area contributed by atoms with Gasteiger partial charge in [0.15, 0.2) is 11.5 Å². The fourth-order valence-electron chi connectivity index (χ4n) is 3.37. The van der Waals surface area contributed by atoms with Crippen molar-refractivity contribution in [3.63, 3.8) is 0 Å². The zero-order valence-corrected chi connectivity index (χ0v) is 20.2. The highest BCUT2D eigenvalue weighted by Crippen LogP contribution is 2.33. The number of ether oxygens (including phenoxy) is 1. The zero-order chi connectivity index (χ0) is 22.7. The van der Waals surface area contributed by atoms with Gasteiger partial charge in [-0.2, -0.15) is 0 Å². The van der Waals surface area contributed by atoms with Gasteiger partial charge >= 0.3 is 0 Å². The van der Waals surface area contributed by atoms with Gasteiger partial charge in [0, 0.05) is 44.8 Å². The molecule has 1 unspecified atom stereocenters. The van der Waals surface area contributed by atoms with E-state index in [1.807, 2.05) is 48.5 Å². The third-order valence-corrected chi connectivity index (χ3v) is 6.26. The first-order valence-electron chi connectivity index (χ1n) is 9.68. The Bertz CT molecular complexity index is 1370.